The van der Waals surface area contributed by atoms with Crippen LogP contribution < -0.4 is 20.5 Å². The van der Waals surface area contributed by atoms with Gasteiger partial charge >= 0.3 is 12.4 Å². The monoisotopic (exact) mass is 1090 g/mol. The van der Waals surface area contributed by atoms with E-state index in [9.17, 15) is 66.3 Å². The normalized spacial score (nSPS) is 11.4. The molecule has 0 unspecified atom stereocenters. The molecule has 2 heterocycles. The van der Waals surface area contributed by atoms with Crippen molar-refractivity contribution in [2.45, 2.75) is 42.4 Å². The summed E-state index contributed by atoms with van der Waals surface area (Å²) in [6.07, 6.45) is -6.37. The summed E-state index contributed by atoms with van der Waals surface area (Å²) in [6, 6.07) is 13.5. The zero-order chi connectivity index (χ0) is 54.1. The molecule has 1 amide bonds. The lowest BCUT2D eigenvalue weighted by atomic mass is 10.0. The third-order valence-electron chi connectivity index (χ3n) is 9.52. The molecule has 0 aliphatic carbocycles. The van der Waals surface area contributed by atoms with E-state index >= 15 is 0 Å². The number of nitrogen functional groups attached to an aromatic ring is 1. The topological polar surface area (TPSA) is 237 Å². The lowest BCUT2D eigenvalue weighted by molar-refractivity contribution is -0.139. The second kappa shape index (κ2) is 23.3. The van der Waals surface area contributed by atoms with Crippen molar-refractivity contribution in [3.05, 3.63) is 169 Å². The number of benzene rings is 4. The van der Waals surface area contributed by atoms with Crippen LogP contribution in [-0.2, 0) is 48.4 Å². The molecule has 6 aromatic rings. The molecule has 5 N–H and O–H groups in total. The smallest absolute Gasteiger partial charge is 0.399 e. The number of hydrogen-bond acceptors (Lipinski definition) is 12. The molecule has 0 saturated heterocycles. The number of likely N-dealkylation sites (N-methyl/N-ethyl adjacent to an activating group) is 1. The standard InChI is InChI=1S/C23H18ClF4N3O4S.C20H14ClF4N3O3S.C2H3NO/c1-12-3-5-15(10-17(12)23(26,27)28)36(34,35)31-19-9-14(24)11-30-21(19)22(33)16-7-13(4-6-18(16)25)8-20(32)29-2;1-10-2-4-13(8-15(10)20(23,24)25)32(30,31)28-17-6-11(21)9-27-18(17)19(29)14-7-12(26)3-5-16(14)22;1-3-2-4/h3-7,9-11,31H,8H2,1-2H3,(H,29,32);2-9,28H,26H2,1H3;1H3. The molecule has 0 aliphatic rings. The van der Waals surface area contributed by atoms with Crippen molar-refractivity contribution in [2.75, 3.05) is 29.3 Å². The first-order valence-corrected chi connectivity index (χ1v) is 23.5. The number of nitrogens with two attached hydrogens (primary N) is 1. The molecule has 0 aliphatic heterocycles. The first-order chi connectivity index (χ1) is 33.4. The van der Waals surface area contributed by atoms with E-state index in [1.54, 1.807) is 0 Å². The number of anilines is 3. The van der Waals surface area contributed by atoms with Crippen LogP contribution in [0.5, 0.6) is 0 Å². The van der Waals surface area contributed by atoms with Gasteiger partial charge in [0.1, 0.15) is 23.0 Å². The Morgan fingerprint density at radius 2 is 1.07 bits per heavy atom. The van der Waals surface area contributed by atoms with Crippen LogP contribution in [0.1, 0.15) is 59.9 Å². The Hall–Kier alpha value is -7.31. The number of aryl methyl sites for hydroxylation is 2. The van der Waals surface area contributed by atoms with E-state index in [2.05, 4.69) is 20.3 Å². The minimum Gasteiger partial charge on any atom is -0.399 e. The number of halogens is 10. The van der Waals surface area contributed by atoms with E-state index < -0.39 is 116 Å². The molecule has 2 aromatic heterocycles. The van der Waals surface area contributed by atoms with E-state index in [0.717, 1.165) is 73.1 Å². The quantitative estimate of drug-likeness (QED) is 0.0296. The average molecular weight is 1090 g/mol. The Kier molecular flexibility index (Phi) is 18.5. The minimum absolute atomic E-state index is 0.0742. The Bertz CT molecular complexity index is 3360. The molecule has 27 heteroatoms. The molecule has 380 valence electrons. The van der Waals surface area contributed by atoms with Crippen molar-refractivity contribution in [3.63, 3.8) is 0 Å². The fraction of sp³-hybridized carbons (Fsp3) is 0.156. The van der Waals surface area contributed by atoms with Gasteiger partial charge < -0.3 is 11.1 Å². The second-order valence-electron chi connectivity index (χ2n) is 14.6. The highest BCUT2D eigenvalue weighted by molar-refractivity contribution is 7.93. The number of pyridine rings is 2. The summed E-state index contributed by atoms with van der Waals surface area (Å²) in [7, 11) is -6.47. The Morgan fingerprint density at radius 3 is 1.46 bits per heavy atom. The summed E-state index contributed by atoms with van der Waals surface area (Å²) in [5, 5.41) is 2.21. The van der Waals surface area contributed by atoms with Gasteiger partial charge in [-0.1, -0.05) is 41.4 Å². The molecule has 0 bridgehead atoms. The fourth-order valence-electron chi connectivity index (χ4n) is 6.05. The van der Waals surface area contributed by atoms with Gasteiger partial charge in [-0.3, -0.25) is 23.8 Å². The number of rotatable bonds is 12. The summed E-state index contributed by atoms with van der Waals surface area (Å²) < 4.78 is 163. The van der Waals surface area contributed by atoms with Gasteiger partial charge in [0.2, 0.25) is 23.6 Å². The largest absolute Gasteiger partial charge is 0.416 e. The van der Waals surface area contributed by atoms with Gasteiger partial charge in [-0.2, -0.15) is 26.3 Å². The van der Waals surface area contributed by atoms with E-state index in [-0.39, 0.29) is 33.3 Å². The van der Waals surface area contributed by atoms with Crippen molar-refractivity contribution in [1.82, 2.24) is 15.3 Å². The summed E-state index contributed by atoms with van der Waals surface area (Å²) in [4.78, 5) is 55.6. The predicted molar refractivity (Wildman–Crippen MR) is 248 cm³/mol. The van der Waals surface area contributed by atoms with Gasteiger partial charge in [-0.15, -0.1) is 0 Å². The third-order valence-corrected chi connectivity index (χ3v) is 12.7. The number of hydrogen-bond donors (Lipinski definition) is 4. The first-order valence-electron chi connectivity index (χ1n) is 19.8. The van der Waals surface area contributed by atoms with Crippen molar-refractivity contribution in [2.24, 2.45) is 4.99 Å². The van der Waals surface area contributed by atoms with Crippen molar-refractivity contribution < 1.29 is 71.1 Å². The molecular weight excluding hydrogens is 1050 g/mol. The van der Waals surface area contributed by atoms with Crippen LogP contribution >= 0.6 is 23.2 Å². The lowest BCUT2D eigenvalue weighted by Crippen LogP contribution is -2.20. The van der Waals surface area contributed by atoms with Crippen LogP contribution in [0.2, 0.25) is 10.0 Å². The van der Waals surface area contributed by atoms with Crippen LogP contribution in [0.4, 0.5) is 52.2 Å². The Morgan fingerprint density at radius 1 is 0.667 bits per heavy atom. The fourth-order valence-corrected chi connectivity index (χ4v) is 8.54. The number of amides is 1. The predicted octanol–water partition coefficient (Wildman–Crippen LogP) is 9.29. The summed E-state index contributed by atoms with van der Waals surface area (Å²) >= 11 is 11.8. The highest BCUT2D eigenvalue weighted by atomic mass is 35.5. The molecule has 0 atom stereocenters. The van der Waals surface area contributed by atoms with E-state index in [1.807, 2.05) is 9.44 Å². The number of aliphatic imine (C=N–C) groups is 1. The van der Waals surface area contributed by atoms with Crippen molar-refractivity contribution in [3.8, 4) is 0 Å². The number of nitrogens with zero attached hydrogens (tertiary/aromatic N) is 3. The van der Waals surface area contributed by atoms with Gasteiger partial charge in [0.05, 0.1) is 59.9 Å². The van der Waals surface area contributed by atoms with Crippen LogP contribution in [0.25, 0.3) is 0 Å². The van der Waals surface area contributed by atoms with Crippen LogP contribution in [0.15, 0.2) is 112 Å². The second-order valence-corrected chi connectivity index (χ2v) is 18.9. The minimum atomic E-state index is -4.80. The van der Waals surface area contributed by atoms with Crippen molar-refractivity contribution >= 4 is 83.9 Å². The molecule has 15 nitrogen and oxygen atoms in total. The van der Waals surface area contributed by atoms with Gasteiger partial charge in [0.15, 0.2) is 0 Å². The molecular formula is C45H35Cl2F8N7O8S2. The molecule has 6 rings (SSSR count). The number of ketones is 2. The zero-order valence-electron chi connectivity index (χ0n) is 37.2. The van der Waals surface area contributed by atoms with Crippen LogP contribution in [-0.4, -0.2) is 64.5 Å². The maximum Gasteiger partial charge on any atom is 0.416 e. The number of alkyl halides is 6. The van der Waals surface area contributed by atoms with E-state index in [1.165, 1.54) is 46.2 Å². The SMILES string of the molecule is CN=C=O.CNC(=O)Cc1ccc(F)c(C(=O)c2ncc(Cl)cc2NS(=O)(=O)c2ccc(C)c(C(F)(F)F)c2)c1.Cc1ccc(S(=O)(=O)Nc2cc(Cl)cnc2C(=O)c2cc(N)ccc2F)cc1C(F)(F)F. The lowest BCUT2D eigenvalue weighted by Gasteiger charge is -2.15. The van der Waals surface area contributed by atoms with Crippen molar-refractivity contribution in [1.29, 1.82) is 0 Å². The zero-order valence-corrected chi connectivity index (χ0v) is 40.4. The molecule has 72 heavy (non-hydrogen) atoms. The molecule has 0 fully saturated rings. The molecule has 0 spiro atoms. The number of nitrogens with one attached hydrogen (secondary N) is 3. The Balaban J connectivity index is 0.000000292. The number of carbonyl (C=O) groups excluding carboxylic acids is 4. The Labute approximate surface area is 414 Å². The number of isocyanates is 1. The molecule has 4 aromatic carbocycles. The first kappa shape index (κ1) is 57.3. The summed E-state index contributed by atoms with van der Waals surface area (Å²) in [6.45, 7) is 2.36. The molecule has 0 radical (unpaired) electrons. The van der Waals surface area contributed by atoms with Gasteiger partial charge in [-0.05, 0) is 97.3 Å². The maximum absolute atomic E-state index is 14.5. The number of sulfonamides is 2. The molecule has 0 saturated carbocycles. The third kappa shape index (κ3) is 14.6. The summed E-state index contributed by atoms with van der Waals surface area (Å²) in [5.41, 5.74) is 0.337. The van der Waals surface area contributed by atoms with Gasteiger partial charge in [0, 0.05) is 32.2 Å². The summed E-state index contributed by atoms with van der Waals surface area (Å²) in [5.74, 6) is -4.33. The number of carbonyl (C=O) groups is 3. The maximum atomic E-state index is 14.5. The van der Waals surface area contributed by atoms with Crippen LogP contribution in [0.3, 0.4) is 0 Å². The number of aromatic nitrogens is 2. The van der Waals surface area contributed by atoms with Crippen LogP contribution in [0, 0.1) is 25.5 Å². The average Bonchev–Trinajstić information content (AvgIpc) is 3.29. The van der Waals surface area contributed by atoms with Gasteiger partial charge in [-0.25, -0.2) is 45.4 Å². The highest BCUT2D eigenvalue weighted by Gasteiger charge is 2.35. The van der Waals surface area contributed by atoms with E-state index in [0.29, 0.717) is 17.7 Å². The van der Waals surface area contributed by atoms with Gasteiger partial charge in [0.25, 0.3) is 20.0 Å². The highest BCUT2D eigenvalue weighted by Crippen LogP contribution is 2.36. The van der Waals surface area contributed by atoms with E-state index in [4.69, 9.17) is 33.7 Å².